The first kappa shape index (κ1) is 13.0. The normalized spacial score (nSPS) is 19.3. The summed E-state index contributed by atoms with van der Waals surface area (Å²) in [5.74, 6) is -0.585. The van der Waals surface area contributed by atoms with Crippen molar-refractivity contribution < 1.29 is 9.18 Å². The number of carbonyl (C=O) groups excluding carboxylic acids is 1. The molecule has 2 heterocycles. The van der Waals surface area contributed by atoms with Crippen LogP contribution in [0.25, 0.3) is 10.9 Å². The highest BCUT2D eigenvalue weighted by molar-refractivity contribution is 5.95. The van der Waals surface area contributed by atoms with E-state index in [0.29, 0.717) is 18.5 Å². The Hall–Kier alpha value is -2.01. The van der Waals surface area contributed by atoms with Gasteiger partial charge in [0.1, 0.15) is 17.0 Å². The summed E-state index contributed by atoms with van der Waals surface area (Å²) >= 11 is 0. The first-order valence-corrected chi connectivity index (χ1v) is 6.75. The molecule has 1 aliphatic rings. The predicted molar refractivity (Wildman–Crippen MR) is 74.8 cm³/mol. The van der Waals surface area contributed by atoms with Crippen molar-refractivity contribution in [1.82, 2.24) is 9.88 Å². The standard InChI is InChI=1S/C15H16FN3O/c16-12-5-1-3-10-6-7-13(18-14(10)12)15(20)19-8-2-4-11(17)9-19/h1,3,5-7,11H,2,4,8-9,17H2/t11-/m0/s1. The zero-order chi connectivity index (χ0) is 14.1. The Labute approximate surface area is 116 Å². The van der Waals surface area contributed by atoms with E-state index < -0.39 is 5.82 Å². The fourth-order valence-corrected chi connectivity index (χ4v) is 2.59. The Morgan fingerprint density at radius 3 is 3.00 bits per heavy atom. The average Bonchev–Trinajstić information content (AvgIpc) is 2.47. The number of fused-ring (bicyclic) bond motifs is 1. The molecule has 1 aliphatic heterocycles. The van der Waals surface area contributed by atoms with E-state index in [1.165, 1.54) is 6.07 Å². The van der Waals surface area contributed by atoms with Gasteiger partial charge < -0.3 is 10.6 Å². The van der Waals surface area contributed by atoms with Crippen LogP contribution in [0.4, 0.5) is 4.39 Å². The SMILES string of the molecule is N[C@H]1CCCN(C(=O)c2ccc3cccc(F)c3n2)C1. The van der Waals surface area contributed by atoms with Crippen molar-refractivity contribution in [3.63, 3.8) is 0 Å². The highest BCUT2D eigenvalue weighted by atomic mass is 19.1. The van der Waals surface area contributed by atoms with Crippen LogP contribution in [0.3, 0.4) is 0 Å². The third-order valence-electron chi connectivity index (χ3n) is 3.64. The number of likely N-dealkylation sites (tertiary alicyclic amines) is 1. The van der Waals surface area contributed by atoms with E-state index in [9.17, 15) is 9.18 Å². The molecule has 2 aromatic rings. The fraction of sp³-hybridized carbons (Fsp3) is 0.333. The Morgan fingerprint density at radius 1 is 1.35 bits per heavy atom. The van der Waals surface area contributed by atoms with Gasteiger partial charge in [-0.15, -0.1) is 0 Å². The lowest BCUT2D eigenvalue weighted by atomic mass is 10.1. The van der Waals surface area contributed by atoms with Gasteiger partial charge in [0.2, 0.25) is 0 Å². The van der Waals surface area contributed by atoms with Crippen molar-refractivity contribution in [3.05, 3.63) is 41.8 Å². The van der Waals surface area contributed by atoms with E-state index in [1.807, 2.05) is 0 Å². The zero-order valence-corrected chi connectivity index (χ0v) is 11.1. The summed E-state index contributed by atoms with van der Waals surface area (Å²) in [5, 5.41) is 0.692. The van der Waals surface area contributed by atoms with Gasteiger partial charge in [-0.3, -0.25) is 4.79 Å². The van der Waals surface area contributed by atoms with Crippen LogP contribution in [-0.2, 0) is 0 Å². The van der Waals surface area contributed by atoms with Gasteiger partial charge in [0.05, 0.1) is 0 Å². The number of para-hydroxylation sites is 1. The Balaban J connectivity index is 1.93. The number of halogens is 1. The fourth-order valence-electron chi connectivity index (χ4n) is 2.59. The van der Waals surface area contributed by atoms with E-state index in [-0.39, 0.29) is 23.2 Å². The first-order chi connectivity index (χ1) is 9.65. The quantitative estimate of drug-likeness (QED) is 0.863. The summed E-state index contributed by atoms with van der Waals surface area (Å²) in [5.41, 5.74) is 6.39. The molecule has 2 N–H and O–H groups in total. The summed E-state index contributed by atoms with van der Waals surface area (Å²) in [6, 6.07) is 8.14. The van der Waals surface area contributed by atoms with Crippen molar-refractivity contribution in [2.45, 2.75) is 18.9 Å². The van der Waals surface area contributed by atoms with Crippen molar-refractivity contribution in [1.29, 1.82) is 0 Å². The molecule has 0 saturated carbocycles. The molecule has 20 heavy (non-hydrogen) atoms. The second-order valence-corrected chi connectivity index (χ2v) is 5.16. The van der Waals surface area contributed by atoms with Gasteiger partial charge in [-0.25, -0.2) is 9.37 Å². The summed E-state index contributed by atoms with van der Waals surface area (Å²) in [6.45, 7) is 1.22. The predicted octanol–water partition coefficient (Wildman–Crippen LogP) is 1.94. The summed E-state index contributed by atoms with van der Waals surface area (Å²) in [6.07, 6.45) is 1.83. The van der Waals surface area contributed by atoms with E-state index in [2.05, 4.69) is 4.98 Å². The summed E-state index contributed by atoms with van der Waals surface area (Å²) in [7, 11) is 0. The molecule has 0 aliphatic carbocycles. The molecule has 1 amide bonds. The van der Waals surface area contributed by atoms with Crippen LogP contribution in [0, 0.1) is 5.82 Å². The maximum Gasteiger partial charge on any atom is 0.272 e. The van der Waals surface area contributed by atoms with E-state index in [1.54, 1.807) is 29.2 Å². The minimum atomic E-state index is -0.410. The highest BCUT2D eigenvalue weighted by Crippen LogP contribution is 2.18. The van der Waals surface area contributed by atoms with Crippen LogP contribution >= 0.6 is 0 Å². The number of nitrogens with zero attached hydrogens (tertiary/aromatic N) is 2. The molecule has 0 bridgehead atoms. The molecule has 1 aromatic carbocycles. The smallest absolute Gasteiger partial charge is 0.272 e. The third kappa shape index (κ3) is 2.36. The molecule has 1 aromatic heterocycles. The second kappa shape index (κ2) is 5.17. The van der Waals surface area contributed by atoms with Crippen LogP contribution in [0.2, 0.25) is 0 Å². The third-order valence-corrected chi connectivity index (χ3v) is 3.64. The number of amides is 1. The first-order valence-electron chi connectivity index (χ1n) is 6.75. The molecule has 0 spiro atoms. The number of carbonyl (C=O) groups is 1. The highest BCUT2D eigenvalue weighted by Gasteiger charge is 2.23. The van der Waals surface area contributed by atoms with Crippen molar-refractivity contribution in [2.24, 2.45) is 5.73 Å². The minimum absolute atomic E-state index is 0.0184. The molecule has 5 heteroatoms. The number of pyridine rings is 1. The number of benzene rings is 1. The molecule has 4 nitrogen and oxygen atoms in total. The lowest BCUT2D eigenvalue weighted by Gasteiger charge is -2.30. The van der Waals surface area contributed by atoms with Crippen LogP contribution in [0.1, 0.15) is 23.3 Å². The lowest BCUT2D eigenvalue weighted by molar-refractivity contribution is 0.0703. The molecular weight excluding hydrogens is 257 g/mol. The molecule has 3 rings (SSSR count). The molecule has 1 saturated heterocycles. The van der Waals surface area contributed by atoms with Gasteiger partial charge in [-0.2, -0.15) is 0 Å². The van der Waals surface area contributed by atoms with Gasteiger partial charge in [-0.05, 0) is 25.0 Å². The molecule has 104 valence electrons. The summed E-state index contributed by atoms with van der Waals surface area (Å²) < 4.78 is 13.7. The minimum Gasteiger partial charge on any atom is -0.336 e. The van der Waals surface area contributed by atoms with Crippen LogP contribution in [0.15, 0.2) is 30.3 Å². The number of rotatable bonds is 1. The van der Waals surface area contributed by atoms with Crippen LogP contribution < -0.4 is 5.73 Å². The number of nitrogens with two attached hydrogens (primary N) is 1. The van der Waals surface area contributed by atoms with E-state index >= 15 is 0 Å². The Kier molecular flexibility index (Phi) is 3.36. The summed E-state index contributed by atoms with van der Waals surface area (Å²) in [4.78, 5) is 18.3. The van der Waals surface area contributed by atoms with Crippen LogP contribution in [0.5, 0.6) is 0 Å². The van der Waals surface area contributed by atoms with Crippen molar-refractivity contribution >= 4 is 16.8 Å². The zero-order valence-electron chi connectivity index (χ0n) is 11.1. The molecule has 0 radical (unpaired) electrons. The van der Waals surface area contributed by atoms with Gasteiger partial charge in [0.25, 0.3) is 5.91 Å². The maximum absolute atomic E-state index is 13.7. The van der Waals surface area contributed by atoms with Crippen molar-refractivity contribution in [2.75, 3.05) is 13.1 Å². The average molecular weight is 273 g/mol. The van der Waals surface area contributed by atoms with Crippen LogP contribution in [-0.4, -0.2) is 34.9 Å². The number of hydrogen-bond donors (Lipinski definition) is 1. The monoisotopic (exact) mass is 273 g/mol. The van der Waals surface area contributed by atoms with Crippen molar-refractivity contribution in [3.8, 4) is 0 Å². The van der Waals surface area contributed by atoms with Gasteiger partial charge >= 0.3 is 0 Å². The van der Waals surface area contributed by atoms with Gasteiger partial charge in [0.15, 0.2) is 0 Å². The molecule has 1 fully saturated rings. The number of piperidine rings is 1. The van der Waals surface area contributed by atoms with E-state index in [0.717, 1.165) is 12.8 Å². The van der Waals surface area contributed by atoms with Gasteiger partial charge in [0, 0.05) is 24.5 Å². The maximum atomic E-state index is 13.7. The molecular formula is C15H16FN3O. The van der Waals surface area contributed by atoms with Gasteiger partial charge in [-0.1, -0.05) is 18.2 Å². The number of aromatic nitrogens is 1. The topological polar surface area (TPSA) is 59.2 Å². The second-order valence-electron chi connectivity index (χ2n) is 5.16. The number of hydrogen-bond acceptors (Lipinski definition) is 3. The van der Waals surface area contributed by atoms with E-state index in [4.69, 9.17) is 5.73 Å². The molecule has 0 unspecified atom stereocenters. The lowest BCUT2D eigenvalue weighted by Crippen LogP contribution is -2.45. The largest absolute Gasteiger partial charge is 0.336 e. The Bertz CT molecular complexity index is 659. The molecule has 1 atom stereocenters. The Morgan fingerprint density at radius 2 is 2.20 bits per heavy atom.